The summed E-state index contributed by atoms with van der Waals surface area (Å²) in [6.07, 6.45) is -2.98. The van der Waals surface area contributed by atoms with Crippen molar-refractivity contribution >= 4 is 52.3 Å². The zero-order valence-corrected chi connectivity index (χ0v) is 19.1. The van der Waals surface area contributed by atoms with Gasteiger partial charge in [-0.25, -0.2) is 4.39 Å². The van der Waals surface area contributed by atoms with Crippen molar-refractivity contribution in [1.29, 1.82) is 0 Å². The molecule has 0 saturated carbocycles. The summed E-state index contributed by atoms with van der Waals surface area (Å²) in [6, 6.07) is 4.65. The Morgan fingerprint density at radius 1 is 1.06 bits per heavy atom. The quantitative estimate of drug-likeness (QED) is 0.277. The summed E-state index contributed by atoms with van der Waals surface area (Å²) >= 11 is 23.2. The molecule has 1 amide bonds. The van der Waals surface area contributed by atoms with Crippen LogP contribution in [0.15, 0.2) is 40.9 Å². The van der Waals surface area contributed by atoms with Crippen molar-refractivity contribution in [1.82, 2.24) is 5.32 Å². The van der Waals surface area contributed by atoms with Crippen molar-refractivity contribution in [3.63, 3.8) is 0 Å². The van der Waals surface area contributed by atoms with Gasteiger partial charge in [-0.1, -0.05) is 46.4 Å². The molecule has 2 aromatic rings. The van der Waals surface area contributed by atoms with E-state index in [2.05, 4.69) is 5.32 Å². The van der Waals surface area contributed by atoms with Crippen LogP contribution in [0.1, 0.15) is 22.3 Å². The molecule has 12 heteroatoms. The number of hydrogen-bond acceptors (Lipinski definition) is 3. The molecule has 4 nitrogen and oxygen atoms in total. The van der Waals surface area contributed by atoms with E-state index in [1.807, 2.05) is 0 Å². The monoisotopic (exact) mass is 533 g/mol. The second-order valence-corrected chi connectivity index (χ2v) is 7.99. The molecule has 0 aliphatic heterocycles. The maximum Gasteiger partial charge on any atom is 0.416 e. The molecule has 2 aromatic carbocycles. The molecule has 0 aliphatic carbocycles. The van der Waals surface area contributed by atoms with Gasteiger partial charge in [0, 0.05) is 18.7 Å². The summed E-state index contributed by atoms with van der Waals surface area (Å²) in [6.45, 7) is 0.273. The molecule has 0 aromatic heterocycles. The van der Waals surface area contributed by atoms with E-state index in [1.165, 1.54) is 18.2 Å². The highest BCUT2D eigenvalue weighted by molar-refractivity contribution is 6.55. The molecule has 0 fully saturated rings. The normalized spacial score (nSPS) is 11.1. The molecule has 0 radical (unpaired) electrons. The van der Waals surface area contributed by atoms with Gasteiger partial charge in [0.15, 0.2) is 5.75 Å². The van der Waals surface area contributed by atoms with Crippen LogP contribution in [0.5, 0.6) is 11.5 Å². The average molecular weight is 535 g/mol. The summed E-state index contributed by atoms with van der Waals surface area (Å²) < 4.78 is 62.5. The van der Waals surface area contributed by atoms with Gasteiger partial charge in [0.25, 0.3) is 5.91 Å². The number of ether oxygens (including phenoxy) is 2. The van der Waals surface area contributed by atoms with E-state index >= 15 is 0 Å². The fourth-order valence-corrected chi connectivity index (χ4v) is 3.08. The third kappa shape index (κ3) is 7.92. The maximum absolute atomic E-state index is 13.8. The van der Waals surface area contributed by atoms with E-state index in [0.717, 1.165) is 6.07 Å². The first-order valence-electron chi connectivity index (χ1n) is 8.89. The second kappa shape index (κ2) is 11.8. The van der Waals surface area contributed by atoms with Crippen LogP contribution in [0.2, 0.25) is 10.0 Å². The van der Waals surface area contributed by atoms with Gasteiger partial charge in [-0.3, -0.25) is 4.79 Å². The van der Waals surface area contributed by atoms with Gasteiger partial charge in [0.05, 0.1) is 27.8 Å². The van der Waals surface area contributed by atoms with Crippen molar-refractivity contribution in [2.75, 3.05) is 19.8 Å². The minimum atomic E-state index is -4.70. The largest absolute Gasteiger partial charge is 0.490 e. The second-order valence-electron chi connectivity index (χ2n) is 6.17. The van der Waals surface area contributed by atoms with E-state index in [-0.39, 0.29) is 52.5 Å². The molecular weight excluding hydrogens is 520 g/mol. The maximum atomic E-state index is 13.8. The molecule has 0 unspecified atom stereocenters. The Labute approximate surface area is 201 Å². The first kappa shape index (κ1) is 26.4. The minimum absolute atomic E-state index is 0.0512. The predicted octanol–water partition coefficient (Wildman–Crippen LogP) is 7.05. The number of alkyl halides is 3. The van der Waals surface area contributed by atoms with Gasteiger partial charge in [-0.2, -0.15) is 13.2 Å². The Morgan fingerprint density at radius 3 is 2.28 bits per heavy atom. The van der Waals surface area contributed by atoms with Crippen LogP contribution in [0.3, 0.4) is 0 Å². The van der Waals surface area contributed by atoms with E-state index in [1.54, 1.807) is 0 Å². The van der Waals surface area contributed by atoms with E-state index in [4.69, 9.17) is 55.9 Å². The summed E-state index contributed by atoms with van der Waals surface area (Å²) in [5.74, 6) is -1.55. The Bertz CT molecular complexity index is 972. The third-order valence-electron chi connectivity index (χ3n) is 3.85. The Hall–Kier alpha value is -1.87. The number of halogens is 8. The number of amides is 1. The standard InChI is InChI=1S/C20H15Cl4F4NO3/c21-14-9-12(31-7-4-17(23)24)10-15(22)18(14)32-6-1-5-29-19(30)13-3-2-11(8-16(13)25)20(26,27)28/h2-4,8-10H,1,5-7H2,(H,29,30). The Morgan fingerprint density at radius 2 is 1.72 bits per heavy atom. The summed E-state index contributed by atoms with van der Waals surface area (Å²) in [4.78, 5) is 12.0. The van der Waals surface area contributed by atoms with Crippen LogP contribution >= 0.6 is 46.4 Å². The van der Waals surface area contributed by atoms with Gasteiger partial charge in [-0.05, 0) is 30.7 Å². The lowest BCUT2D eigenvalue weighted by molar-refractivity contribution is -0.137. The molecule has 0 spiro atoms. The average Bonchev–Trinajstić information content (AvgIpc) is 2.68. The number of rotatable bonds is 9. The van der Waals surface area contributed by atoms with E-state index in [0.29, 0.717) is 11.8 Å². The molecule has 0 heterocycles. The van der Waals surface area contributed by atoms with Gasteiger partial charge in [-0.15, -0.1) is 0 Å². The lowest BCUT2D eigenvalue weighted by atomic mass is 10.1. The number of nitrogens with one attached hydrogen (secondary N) is 1. The number of carbonyl (C=O) groups is 1. The van der Waals surface area contributed by atoms with Gasteiger partial charge in [0.2, 0.25) is 0 Å². The van der Waals surface area contributed by atoms with Crippen LogP contribution in [-0.4, -0.2) is 25.7 Å². The lowest BCUT2D eigenvalue weighted by Crippen LogP contribution is -2.26. The van der Waals surface area contributed by atoms with Crippen molar-refractivity contribution < 1.29 is 31.8 Å². The van der Waals surface area contributed by atoms with Crippen LogP contribution in [0, 0.1) is 5.82 Å². The van der Waals surface area contributed by atoms with Crippen LogP contribution in [0.4, 0.5) is 17.6 Å². The highest BCUT2D eigenvalue weighted by Crippen LogP contribution is 2.37. The van der Waals surface area contributed by atoms with Gasteiger partial charge >= 0.3 is 6.18 Å². The smallest absolute Gasteiger partial charge is 0.416 e. The molecule has 0 bridgehead atoms. The molecule has 0 saturated heterocycles. The minimum Gasteiger partial charge on any atom is -0.490 e. The zero-order chi connectivity index (χ0) is 23.9. The Kier molecular flexibility index (Phi) is 9.76. The highest BCUT2D eigenvalue weighted by Gasteiger charge is 2.31. The first-order valence-corrected chi connectivity index (χ1v) is 10.4. The van der Waals surface area contributed by atoms with Crippen molar-refractivity contribution in [2.45, 2.75) is 12.6 Å². The summed E-state index contributed by atoms with van der Waals surface area (Å²) in [7, 11) is 0. The number of carbonyl (C=O) groups excluding carboxylic acids is 1. The number of benzene rings is 2. The fourth-order valence-electron chi connectivity index (χ4n) is 2.38. The lowest BCUT2D eigenvalue weighted by Gasteiger charge is -2.13. The molecule has 0 atom stereocenters. The van der Waals surface area contributed by atoms with Crippen molar-refractivity contribution in [3.8, 4) is 11.5 Å². The molecular formula is C20H15Cl4F4NO3. The van der Waals surface area contributed by atoms with E-state index < -0.39 is 29.0 Å². The van der Waals surface area contributed by atoms with Crippen LogP contribution in [-0.2, 0) is 6.18 Å². The molecule has 0 aliphatic rings. The summed E-state index contributed by atoms with van der Waals surface area (Å²) in [5.41, 5.74) is -1.67. The predicted molar refractivity (Wildman–Crippen MR) is 116 cm³/mol. The van der Waals surface area contributed by atoms with Gasteiger partial charge < -0.3 is 14.8 Å². The molecule has 174 valence electrons. The topological polar surface area (TPSA) is 47.6 Å². The van der Waals surface area contributed by atoms with Crippen LogP contribution in [0.25, 0.3) is 0 Å². The van der Waals surface area contributed by atoms with E-state index in [9.17, 15) is 22.4 Å². The first-order chi connectivity index (χ1) is 15.0. The van der Waals surface area contributed by atoms with Crippen LogP contribution < -0.4 is 14.8 Å². The molecule has 32 heavy (non-hydrogen) atoms. The molecule has 1 N–H and O–H groups in total. The highest BCUT2D eigenvalue weighted by atomic mass is 35.5. The van der Waals surface area contributed by atoms with Gasteiger partial charge in [0.1, 0.15) is 22.7 Å². The third-order valence-corrected chi connectivity index (χ3v) is 4.72. The zero-order valence-electron chi connectivity index (χ0n) is 16.0. The number of hydrogen-bond donors (Lipinski definition) is 1. The Balaban J connectivity index is 1.84. The fraction of sp³-hybridized carbons (Fsp3) is 0.250. The summed E-state index contributed by atoms with van der Waals surface area (Å²) in [5, 5.41) is 2.77. The SMILES string of the molecule is O=C(NCCCOc1c(Cl)cc(OCC=C(Cl)Cl)cc1Cl)c1ccc(C(F)(F)F)cc1F. The van der Waals surface area contributed by atoms with Crippen molar-refractivity contribution in [3.05, 3.63) is 67.9 Å². The molecule has 2 rings (SSSR count). The van der Waals surface area contributed by atoms with Crippen molar-refractivity contribution in [2.24, 2.45) is 0 Å².